The second-order valence-electron chi connectivity index (χ2n) is 4.16. The molecule has 1 aromatic rings. The zero-order chi connectivity index (χ0) is 11.5. The first-order chi connectivity index (χ1) is 7.74. The summed E-state index contributed by atoms with van der Waals surface area (Å²) >= 11 is 5.98. The van der Waals surface area contributed by atoms with E-state index in [9.17, 15) is 4.79 Å². The monoisotopic (exact) mass is 241 g/mol. The minimum atomic E-state index is -0.180. The number of hydrogen-bond acceptors (Lipinski definition) is 3. The van der Waals surface area contributed by atoms with Crippen molar-refractivity contribution in [3.8, 4) is 0 Å². The molecule has 1 N–H and O–H groups in total. The molecular weight excluding hydrogens is 226 g/mol. The Balaban J connectivity index is 2.34. The molecule has 0 aromatic carbocycles. The SMILES string of the molecule is CNc1cnn(C2CCCCC2)c(=O)c1Cl. The molecule has 88 valence electrons. The highest BCUT2D eigenvalue weighted by molar-refractivity contribution is 6.32. The van der Waals surface area contributed by atoms with Gasteiger partial charge in [-0.15, -0.1) is 0 Å². The lowest BCUT2D eigenvalue weighted by molar-refractivity contribution is 0.318. The molecule has 2 rings (SSSR count). The van der Waals surface area contributed by atoms with Crippen LogP contribution >= 0.6 is 11.6 Å². The van der Waals surface area contributed by atoms with Crippen molar-refractivity contribution in [3.63, 3.8) is 0 Å². The Bertz CT molecular complexity index is 424. The minimum Gasteiger partial charge on any atom is -0.385 e. The fourth-order valence-corrected chi connectivity index (χ4v) is 2.43. The van der Waals surface area contributed by atoms with Crippen molar-refractivity contribution in [2.45, 2.75) is 38.1 Å². The summed E-state index contributed by atoms with van der Waals surface area (Å²) in [5.41, 5.74) is 0.416. The van der Waals surface area contributed by atoms with E-state index in [1.165, 1.54) is 19.3 Å². The molecule has 5 heteroatoms. The Hall–Kier alpha value is -1.03. The van der Waals surface area contributed by atoms with Crippen molar-refractivity contribution in [3.05, 3.63) is 21.6 Å². The van der Waals surface area contributed by atoms with Crippen molar-refractivity contribution >= 4 is 17.3 Å². The molecule has 1 saturated carbocycles. The third-order valence-electron chi connectivity index (χ3n) is 3.13. The van der Waals surface area contributed by atoms with Crippen LogP contribution in [0, 0.1) is 0 Å². The van der Waals surface area contributed by atoms with Gasteiger partial charge in [-0.25, -0.2) is 4.68 Å². The van der Waals surface area contributed by atoms with E-state index in [2.05, 4.69) is 10.4 Å². The molecule has 0 atom stereocenters. The first-order valence-electron chi connectivity index (χ1n) is 5.69. The van der Waals surface area contributed by atoms with E-state index in [0.717, 1.165) is 12.8 Å². The highest BCUT2D eigenvalue weighted by Crippen LogP contribution is 2.27. The maximum atomic E-state index is 12.0. The van der Waals surface area contributed by atoms with Gasteiger partial charge in [-0.05, 0) is 12.8 Å². The first kappa shape index (κ1) is 11.5. The Morgan fingerprint density at radius 1 is 1.44 bits per heavy atom. The smallest absolute Gasteiger partial charge is 0.287 e. The number of nitrogens with one attached hydrogen (secondary N) is 1. The van der Waals surface area contributed by atoms with E-state index in [1.807, 2.05) is 0 Å². The molecule has 0 spiro atoms. The van der Waals surface area contributed by atoms with Gasteiger partial charge in [0.05, 0.1) is 17.9 Å². The molecule has 1 aliphatic carbocycles. The van der Waals surface area contributed by atoms with Crippen molar-refractivity contribution < 1.29 is 0 Å². The molecule has 0 unspecified atom stereocenters. The molecule has 0 radical (unpaired) electrons. The Morgan fingerprint density at radius 2 is 2.12 bits per heavy atom. The lowest BCUT2D eigenvalue weighted by Crippen LogP contribution is -2.29. The normalized spacial score (nSPS) is 17.4. The highest BCUT2D eigenvalue weighted by atomic mass is 35.5. The summed E-state index contributed by atoms with van der Waals surface area (Å²) in [6.07, 6.45) is 7.28. The fourth-order valence-electron chi connectivity index (χ4n) is 2.20. The van der Waals surface area contributed by atoms with Crippen LogP contribution in [0.4, 0.5) is 5.69 Å². The van der Waals surface area contributed by atoms with Crippen molar-refractivity contribution in [2.24, 2.45) is 0 Å². The van der Waals surface area contributed by atoms with Crippen molar-refractivity contribution in [1.29, 1.82) is 0 Å². The van der Waals surface area contributed by atoms with Crippen LogP contribution in [-0.4, -0.2) is 16.8 Å². The third kappa shape index (κ3) is 2.07. The molecule has 4 nitrogen and oxygen atoms in total. The van der Waals surface area contributed by atoms with Crippen LogP contribution in [0.2, 0.25) is 5.02 Å². The van der Waals surface area contributed by atoms with Gasteiger partial charge in [0.25, 0.3) is 5.56 Å². The molecule has 0 bridgehead atoms. The Morgan fingerprint density at radius 3 is 2.75 bits per heavy atom. The molecule has 0 aliphatic heterocycles. The molecule has 1 fully saturated rings. The van der Waals surface area contributed by atoms with Gasteiger partial charge in [-0.3, -0.25) is 4.79 Å². The molecular formula is C11H16ClN3O. The molecule has 1 aromatic heterocycles. The van der Waals surface area contributed by atoms with E-state index >= 15 is 0 Å². The number of halogens is 1. The van der Waals surface area contributed by atoms with Crippen molar-refractivity contribution in [1.82, 2.24) is 9.78 Å². The lowest BCUT2D eigenvalue weighted by atomic mass is 9.96. The topological polar surface area (TPSA) is 46.9 Å². The van der Waals surface area contributed by atoms with Crippen molar-refractivity contribution in [2.75, 3.05) is 12.4 Å². The van der Waals surface area contributed by atoms with Crippen LogP contribution in [0.15, 0.2) is 11.0 Å². The molecule has 16 heavy (non-hydrogen) atoms. The van der Waals surface area contributed by atoms with Crippen LogP contribution in [0.1, 0.15) is 38.1 Å². The van der Waals surface area contributed by atoms with Gasteiger partial charge in [0.2, 0.25) is 0 Å². The molecule has 1 heterocycles. The highest BCUT2D eigenvalue weighted by Gasteiger charge is 2.19. The van der Waals surface area contributed by atoms with Gasteiger partial charge < -0.3 is 5.32 Å². The van der Waals surface area contributed by atoms with Gasteiger partial charge in [-0.2, -0.15) is 5.10 Å². The second kappa shape index (κ2) is 4.87. The van der Waals surface area contributed by atoms with E-state index < -0.39 is 0 Å². The predicted octanol–water partition coefficient (Wildman–Crippen LogP) is 2.44. The summed E-state index contributed by atoms with van der Waals surface area (Å²) in [7, 11) is 1.73. The standard InChI is InChI=1S/C11H16ClN3O/c1-13-9-7-14-15(11(16)10(9)12)8-5-3-2-4-6-8/h7-8,13H,2-6H2,1H3. The number of aromatic nitrogens is 2. The quantitative estimate of drug-likeness (QED) is 0.865. The number of hydrogen-bond donors (Lipinski definition) is 1. The Labute approximate surface area is 99.6 Å². The number of rotatable bonds is 2. The number of anilines is 1. The zero-order valence-electron chi connectivity index (χ0n) is 9.37. The van der Waals surface area contributed by atoms with Gasteiger partial charge in [-0.1, -0.05) is 30.9 Å². The van der Waals surface area contributed by atoms with E-state index in [1.54, 1.807) is 17.9 Å². The van der Waals surface area contributed by atoms with Crippen LogP contribution < -0.4 is 10.9 Å². The van der Waals surface area contributed by atoms with Crippen LogP contribution in [0.5, 0.6) is 0 Å². The molecule has 0 saturated heterocycles. The average Bonchev–Trinajstić information content (AvgIpc) is 2.34. The summed E-state index contributed by atoms with van der Waals surface area (Å²) in [4.78, 5) is 12.0. The van der Waals surface area contributed by atoms with Gasteiger partial charge in [0.1, 0.15) is 5.02 Å². The average molecular weight is 242 g/mol. The van der Waals surface area contributed by atoms with E-state index in [0.29, 0.717) is 5.69 Å². The summed E-state index contributed by atoms with van der Waals surface area (Å²) < 4.78 is 1.54. The number of nitrogens with zero attached hydrogens (tertiary/aromatic N) is 2. The van der Waals surface area contributed by atoms with Gasteiger partial charge in [0, 0.05) is 7.05 Å². The van der Waals surface area contributed by atoms with Crippen LogP contribution in [0.3, 0.4) is 0 Å². The lowest BCUT2D eigenvalue weighted by Gasteiger charge is -2.22. The summed E-state index contributed by atoms with van der Waals surface area (Å²) in [6, 6.07) is 0.227. The van der Waals surface area contributed by atoms with Gasteiger partial charge in [0.15, 0.2) is 0 Å². The fraction of sp³-hybridized carbons (Fsp3) is 0.636. The predicted molar refractivity (Wildman–Crippen MR) is 65.2 cm³/mol. The largest absolute Gasteiger partial charge is 0.385 e. The summed E-state index contributed by atoms with van der Waals surface area (Å²) in [6.45, 7) is 0. The Kier molecular flexibility index (Phi) is 3.49. The van der Waals surface area contributed by atoms with Crippen LogP contribution in [0.25, 0.3) is 0 Å². The zero-order valence-corrected chi connectivity index (χ0v) is 10.1. The maximum Gasteiger partial charge on any atom is 0.287 e. The maximum absolute atomic E-state index is 12.0. The first-order valence-corrected chi connectivity index (χ1v) is 6.07. The minimum absolute atomic E-state index is 0.180. The second-order valence-corrected chi connectivity index (χ2v) is 4.54. The third-order valence-corrected chi connectivity index (χ3v) is 3.50. The van der Waals surface area contributed by atoms with Gasteiger partial charge >= 0.3 is 0 Å². The molecule has 0 amide bonds. The van der Waals surface area contributed by atoms with Crippen LogP contribution in [-0.2, 0) is 0 Å². The summed E-state index contributed by atoms with van der Waals surface area (Å²) in [5, 5.41) is 7.29. The van der Waals surface area contributed by atoms with E-state index in [4.69, 9.17) is 11.6 Å². The summed E-state index contributed by atoms with van der Waals surface area (Å²) in [5.74, 6) is 0. The van der Waals surface area contributed by atoms with E-state index in [-0.39, 0.29) is 16.6 Å². The molecule has 1 aliphatic rings.